The Morgan fingerprint density at radius 1 is 1.00 bits per heavy atom. The van der Waals surface area contributed by atoms with Gasteiger partial charge in [-0.25, -0.2) is 13.8 Å². The Balaban J connectivity index is 1.61. The monoisotopic (exact) mass is 487 g/mol. The molecular formula is C26H19F2N5O3. The van der Waals surface area contributed by atoms with Crippen LogP contribution in [0.1, 0.15) is 6.42 Å². The Morgan fingerprint density at radius 3 is 2.56 bits per heavy atom. The van der Waals surface area contributed by atoms with E-state index in [9.17, 15) is 18.4 Å². The number of imidazole rings is 1. The molecule has 2 N–H and O–H groups in total. The fourth-order valence-corrected chi connectivity index (χ4v) is 4.01. The third kappa shape index (κ3) is 4.56. The second kappa shape index (κ2) is 9.06. The van der Waals surface area contributed by atoms with Gasteiger partial charge in [0.05, 0.1) is 17.2 Å². The number of carbonyl (C=O) groups is 2. The largest absolute Gasteiger partial charge is 0.481 e. The first kappa shape index (κ1) is 22.9. The zero-order valence-electron chi connectivity index (χ0n) is 18.9. The number of carboxylic acids is 1. The zero-order chi connectivity index (χ0) is 25.4. The van der Waals surface area contributed by atoms with Crippen LogP contribution < -0.4 is 5.32 Å². The van der Waals surface area contributed by atoms with E-state index < -0.39 is 29.9 Å². The van der Waals surface area contributed by atoms with E-state index in [-0.39, 0.29) is 11.3 Å². The lowest BCUT2D eigenvalue weighted by atomic mass is 10.0. The molecule has 0 saturated carbocycles. The van der Waals surface area contributed by atoms with E-state index in [0.29, 0.717) is 16.8 Å². The molecule has 180 valence electrons. The highest BCUT2D eigenvalue weighted by atomic mass is 19.1. The molecule has 0 aliphatic rings. The average molecular weight is 487 g/mol. The van der Waals surface area contributed by atoms with Crippen LogP contribution in [-0.2, 0) is 16.6 Å². The molecule has 0 spiro atoms. The number of rotatable bonds is 6. The number of aliphatic carboxylic acids is 1. The SMILES string of the molecule is Cn1cc(-c2ccc3c(c2)ncn3-c2cc(NC(=O)CC(=O)O)cc(-c3ccc(F)cc3F)c2)cn1. The summed E-state index contributed by atoms with van der Waals surface area (Å²) in [5.74, 6) is -3.50. The molecule has 36 heavy (non-hydrogen) atoms. The van der Waals surface area contributed by atoms with Crippen LogP contribution in [-0.4, -0.2) is 36.3 Å². The van der Waals surface area contributed by atoms with Crippen molar-refractivity contribution in [2.75, 3.05) is 5.32 Å². The van der Waals surface area contributed by atoms with Crippen LogP contribution >= 0.6 is 0 Å². The number of anilines is 1. The van der Waals surface area contributed by atoms with Crippen molar-refractivity contribution in [3.8, 4) is 27.9 Å². The molecule has 5 rings (SSSR count). The predicted molar refractivity (Wildman–Crippen MR) is 130 cm³/mol. The van der Waals surface area contributed by atoms with E-state index in [1.165, 1.54) is 12.1 Å². The normalized spacial score (nSPS) is 11.1. The molecule has 5 aromatic rings. The molecule has 0 atom stereocenters. The first-order valence-electron chi connectivity index (χ1n) is 10.9. The minimum Gasteiger partial charge on any atom is -0.481 e. The highest BCUT2D eigenvalue weighted by Crippen LogP contribution is 2.31. The lowest BCUT2D eigenvalue weighted by Crippen LogP contribution is -2.16. The average Bonchev–Trinajstić information content (AvgIpc) is 3.44. The maximum absolute atomic E-state index is 14.6. The number of fused-ring (bicyclic) bond motifs is 1. The number of carboxylic acid groups (broad SMARTS) is 1. The van der Waals surface area contributed by atoms with E-state index in [0.717, 1.165) is 28.8 Å². The van der Waals surface area contributed by atoms with Gasteiger partial charge in [0.25, 0.3) is 0 Å². The van der Waals surface area contributed by atoms with E-state index in [1.54, 1.807) is 33.9 Å². The highest BCUT2D eigenvalue weighted by Gasteiger charge is 2.15. The number of carbonyl (C=O) groups excluding carboxylic acids is 1. The van der Waals surface area contributed by atoms with Crippen LogP contribution in [0.4, 0.5) is 14.5 Å². The minimum atomic E-state index is -1.28. The van der Waals surface area contributed by atoms with Gasteiger partial charge in [0, 0.05) is 41.8 Å². The molecule has 2 aromatic heterocycles. The number of hydrogen-bond acceptors (Lipinski definition) is 4. The van der Waals surface area contributed by atoms with Crippen LogP contribution in [0.3, 0.4) is 0 Å². The van der Waals surface area contributed by atoms with Gasteiger partial charge in [-0.3, -0.25) is 18.8 Å². The Morgan fingerprint density at radius 2 is 1.83 bits per heavy atom. The molecule has 0 unspecified atom stereocenters. The lowest BCUT2D eigenvalue weighted by Gasteiger charge is -2.13. The Bertz CT molecular complexity index is 1640. The van der Waals surface area contributed by atoms with Crippen molar-refractivity contribution in [3.05, 3.63) is 85.0 Å². The molecule has 3 aromatic carbocycles. The molecule has 10 heteroatoms. The van der Waals surface area contributed by atoms with Crippen LogP contribution in [0.15, 0.2) is 73.3 Å². The van der Waals surface area contributed by atoms with Gasteiger partial charge in [-0.05, 0) is 53.6 Å². The molecule has 0 saturated heterocycles. The van der Waals surface area contributed by atoms with Crippen molar-refractivity contribution in [2.45, 2.75) is 6.42 Å². The van der Waals surface area contributed by atoms with E-state index in [1.807, 2.05) is 31.4 Å². The van der Waals surface area contributed by atoms with Crippen molar-refractivity contribution < 1.29 is 23.5 Å². The molecule has 0 bridgehead atoms. The van der Waals surface area contributed by atoms with Gasteiger partial charge in [-0.2, -0.15) is 5.10 Å². The third-order valence-corrected chi connectivity index (χ3v) is 5.62. The van der Waals surface area contributed by atoms with Gasteiger partial charge in [0.1, 0.15) is 24.4 Å². The Kier molecular flexibility index (Phi) is 5.77. The van der Waals surface area contributed by atoms with E-state index in [4.69, 9.17) is 5.11 Å². The molecular weight excluding hydrogens is 468 g/mol. The third-order valence-electron chi connectivity index (χ3n) is 5.62. The summed E-state index contributed by atoms with van der Waals surface area (Å²) < 4.78 is 31.6. The van der Waals surface area contributed by atoms with Crippen LogP contribution in [0.2, 0.25) is 0 Å². The van der Waals surface area contributed by atoms with Crippen molar-refractivity contribution in [1.82, 2.24) is 19.3 Å². The molecule has 8 nitrogen and oxygen atoms in total. The summed E-state index contributed by atoms with van der Waals surface area (Å²) >= 11 is 0. The van der Waals surface area contributed by atoms with Crippen LogP contribution in [0, 0.1) is 11.6 Å². The molecule has 2 heterocycles. The fourth-order valence-electron chi connectivity index (χ4n) is 4.01. The molecule has 0 aliphatic heterocycles. The van der Waals surface area contributed by atoms with E-state index >= 15 is 0 Å². The van der Waals surface area contributed by atoms with Crippen molar-refractivity contribution in [1.29, 1.82) is 0 Å². The van der Waals surface area contributed by atoms with Crippen molar-refractivity contribution >= 4 is 28.6 Å². The first-order valence-corrected chi connectivity index (χ1v) is 10.9. The zero-order valence-corrected chi connectivity index (χ0v) is 18.9. The van der Waals surface area contributed by atoms with E-state index in [2.05, 4.69) is 15.4 Å². The summed E-state index contributed by atoms with van der Waals surface area (Å²) in [6.45, 7) is 0. The predicted octanol–water partition coefficient (Wildman–Crippen LogP) is 4.78. The number of amides is 1. The highest BCUT2D eigenvalue weighted by molar-refractivity contribution is 6.01. The number of nitrogens with one attached hydrogen (secondary N) is 1. The van der Waals surface area contributed by atoms with Gasteiger partial charge in [0.2, 0.25) is 5.91 Å². The first-order chi connectivity index (χ1) is 17.3. The number of aryl methyl sites for hydroxylation is 1. The Hall–Kier alpha value is -4.86. The summed E-state index contributed by atoms with van der Waals surface area (Å²) in [7, 11) is 1.83. The van der Waals surface area contributed by atoms with Gasteiger partial charge >= 0.3 is 5.97 Å². The molecule has 0 fully saturated rings. The van der Waals surface area contributed by atoms with Crippen molar-refractivity contribution in [2.24, 2.45) is 7.05 Å². The number of aromatic nitrogens is 4. The Labute approximate surface area is 203 Å². The van der Waals surface area contributed by atoms with Crippen LogP contribution in [0.25, 0.3) is 39.0 Å². The molecule has 0 radical (unpaired) electrons. The quantitative estimate of drug-likeness (QED) is 0.336. The number of nitrogens with zero attached hydrogens (tertiary/aromatic N) is 4. The summed E-state index contributed by atoms with van der Waals surface area (Å²) in [4.78, 5) is 27.6. The second-order valence-corrected chi connectivity index (χ2v) is 8.23. The summed E-state index contributed by atoms with van der Waals surface area (Å²) in [6.07, 6.45) is 4.52. The number of halogens is 2. The lowest BCUT2D eigenvalue weighted by molar-refractivity contribution is -0.139. The maximum atomic E-state index is 14.6. The van der Waals surface area contributed by atoms with Gasteiger partial charge < -0.3 is 10.4 Å². The van der Waals surface area contributed by atoms with Gasteiger partial charge in [-0.15, -0.1) is 0 Å². The molecule has 0 aliphatic carbocycles. The minimum absolute atomic E-state index is 0.121. The second-order valence-electron chi connectivity index (χ2n) is 8.23. The number of hydrogen-bond donors (Lipinski definition) is 2. The summed E-state index contributed by atoms with van der Waals surface area (Å²) in [6, 6.07) is 13.8. The standard InChI is InChI=1S/C26H19F2N5O3/c1-32-13-17(12-30-32)15-2-5-24-23(8-15)29-14-33(24)20-7-16(21-4-3-18(27)9-22(21)28)6-19(10-20)31-25(34)11-26(35)36/h2-10,12-14H,11H2,1H3,(H,31,34)(H,35,36). The molecule has 1 amide bonds. The van der Waals surface area contributed by atoms with Crippen LogP contribution in [0.5, 0.6) is 0 Å². The summed E-state index contributed by atoms with van der Waals surface area (Å²) in [5, 5.41) is 15.7. The van der Waals surface area contributed by atoms with Gasteiger partial charge in [0.15, 0.2) is 0 Å². The maximum Gasteiger partial charge on any atom is 0.312 e. The fraction of sp³-hybridized carbons (Fsp3) is 0.0769. The smallest absolute Gasteiger partial charge is 0.312 e. The summed E-state index contributed by atoms with van der Waals surface area (Å²) in [5.41, 5.74) is 4.61. The number of benzene rings is 3. The topological polar surface area (TPSA) is 102 Å². The van der Waals surface area contributed by atoms with Gasteiger partial charge in [-0.1, -0.05) is 6.07 Å². The van der Waals surface area contributed by atoms with Crippen molar-refractivity contribution in [3.63, 3.8) is 0 Å².